The van der Waals surface area contributed by atoms with Gasteiger partial charge in [0.25, 0.3) is 0 Å². The molecule has 0 aromatic heterocycles. The van der Waals surface area contributed by atoms with Gasteiger partial charge in [-0.25, -0.2) is 0 Å². The highest BCUT2D eigenvalue weighted by Gasteiger charge is 2.38. The summed E-state index contributed by atoms with van der Waals surface area (Å²) in [5, 5.41) is 12.3. The quantitative estimate of drug-likeness (QED) is 0.754. The van der Waals surface area contributed by atoms with Gasteiger partial charge in [-0.15, -0.1) is 0 Å². The highest BCUT2D eigenvalue weighted by Crippen LogP contribution is 2.31. The third-order valence-electron chi connectivity index (χ3n) is 4.93. The van der Waals surface area contributed by atoms with Crippen LogP contribution in [0.2, 0.25) is 0 Å². The van der Waals surface area contributed by atoms with E-state index in [1.807, 2.05) is 13.8 Å². The fourth-order valence-electron chi connectivity index (χ4n) is 2.68. The molecular weight excluding hydrogens is 268 g/mol. The van der Waals surface area contributed by atoms with Crippen LogP contribution in [0.4, 0.5) is 0 Å². The summed E-state index contributed by atoms with van der Waals surface area (Å²) >= 11 is 0. The van der Waals surface area contributed by atoms with Crippen LogP contribution in [0.1, 0.15) is 47.5 Å². The number of nitrogens with zero attached hydrogens (tertiary/aromatic N) is 1. The molecule has 1 aliphatic rings. The van der Waals surface area contributed by atoms with Gasteiger partial charge in [0.1, 0.15) is 0 Å². The van der Waals surface area contributed by atoms with Crippen molar-refractivity contribution in [2.75, 3.05) is 19.6 Å². The van der Waals surface area contributed by atoms with E-state index in [9.17, 15) is 14.7 Å². The van der Waals surface area contributed by atoms with Gasteiger partial charge in [0.15, 0.2) is 0 Å². The van der Waals surface area contributed by atoms with E-state index >= 15 is 0 Å². The molecule has 1 fully saturated rings. The fourth-order valence-corrected chi connectivity index (χ4v) is 2.68. The Balaban J connectivity index is 2.43. The Hall–Kier alpha value is -1.10. The van der Waals surface area contributed by atoms with Crippen molar-refractivity contribution in [1.82, 2.24) is 10.2 Å². The molecule has 1 aliphatic heterocycles. The molecular formula is C16H30N2O3. The third kappa shape index (κ3) is 4.70. The summed E-state index contributed by atoms with van der Waals surface area (Å²) in [5.74, 6) is -0.661. The van der Waals surface area contributed by atoms with Gasteiger partial charge >= 0.3 is 5.97 Å². The van der Waals surface area contributed by atoms with Crippen molar-refractivity contribution >= 4 is 11.9 Å². The molecule has 5 nitrogen and oxygen atoms in total. The van der Waals surface area contributed by atoms with Gasteiger partial charge in [0, 0.05) is 25.6 Å². The SMILES string of the molecule is CC(C)N1CCC(CNC(=O)CC(C)(C(=O)O)C(C)C)C1. The molecule has 2 atom stereocenters. The summed E-state index contributed by atoms with van der Waals surface area (Å²) in [6.45, 7) is 12.4. The zero-order chi connectivity index (χ0) is 16.2. The molecule has 2 N–H and O–H groups in total. The molecule has 21 heavy (non-hydrogen) atoms. The molecule has 0 bridgehead atoms. The molecule has 5 heteroatoms. The van der Waals surface area contributed by atoms with Crippen molar-refractivity contribution in [3.8, 4) is 0 Å². The summed E-state index contributed by atoms with van der Waals surface area (Å²) < 4.78 is 0. The van der Waals surface area contributed by atoms with E-state index < -0.39 is 11.4 Å². The first-order valence-corrected chi connectivity index (χ1v) is 7.91. The average Bonchev–Trinajstić information content (AvgIpc) is 2.84. The lowest BCUT2D eigenvalue weighted by Gasteiger charge is -2.28. The van der Waals surface area contributed by atoms with Gasteiger partial charge in [-0.2, -0.15) is 0 Å². The van der Waals surface area contributed by atoms with E-state index in [0.717, 1.165) is 19.5 Å². The summed E-state index contributed by atoms with van der Waals surface area (Å²) in [4.78, 5) is 25.9. The summed E-state index contributed by atoms with van der Waals surface area (Å²) in [6.07, 6.45) is 1.14. The van der Waals surface area contributed by atoms with Crippen LogP contribution in [0.15, 0.2) is 0 Å². The average molecular weight is 298 g/mol. The van der Waals surface area contributed by atoms with Gasteiger partial charge in [-0.3, -0.25) is 9.59 Å². The smallest absolute Gasteiger partial charge is 0.310 e. The molecule has 1 heterocycles. The second kappa shape index (κ2) is 7.25. The van der Waals surface area contributed by atoms with Crippen molar-refractivity contribution in [2.45, 2.75) is 53.5 Å². The van der Waals surface area contributed by atoms with Crippen molar-refractivity contribution in [3.05, 3.63) is 0 Å². The topological polar surface area (TPSA) is 69.6 Å². The van der Waals surface area contributed by atoms with Crippen molar-refractivity contribution in [1.29, 1.82) is 0 Å². The molecule has 0 saturated carbocycles. The predicted molar refractivity (Wildman–Crippen MR) is 83.0 cm³/mol. The van der Waals surface area contributed by atoms with Crippen LogP contribution in [-0.2, 0) is 9.59 Å². The van der Waals surface area contributed by atoms with Gasteiger partial charge in [0.05, 0.1) is 5.41 Å². The summed E-state index contributed by atoms with van der Waals surface area (Å²) in [7, 11) is 0. The Morgan fingerprint density at radius 3 is 2.38 bits per heavy atom. The molecule has 0 spiro atoms. The molecule has 122 valence electrons. The fraction of sp³-hybridized carbons (Fsp3) is 0.875. The number of aliphatic carboxylic acids is 1. The summed E-state index contributed by atoms with van der Waals surface area (Å²) in [5.41, 5.74) is -0.996. The maximum absolute atomic E-state index is 12.1. The predicted octanol–water partition coefficient (Wildman–Crippen LogP) is 1.97. The molecule has 1 amide bonds. The van der Waals surface area contributed by atoms with Crippen molar-refractivity contribution < 1.29 is 14.7 Å². The Labute approximate surface area is 128 Å². The van der Waals surface area contributed by atoms with Gasteiger partial charge in [0.2, 0.25) is 5.91 Å². The molecule has 1 rings (SSSR count). The zero-order valence-corrected chi connectivity index (χ0v) is 14.0. The second-order valence-corrected chi connectivity index (χ2v) is 7.10. The number of nitrogens with one attached hydrogen (secondary N) is 1. The first-order chi connectivity index (χ1) is 9.66. The number of carboxylic acid groups (broad SMARTS) is 1. The van der Waals surface area contributed by atoms with Crippen LogP contribution in [0.5, 0.6) is 0 Å². The lowest BCUT2D eigenvalue weighted by molar-refractivity contribution is -0.153. The van der Waals surface area contributed by atoms with E-state index in [2.05, 4.69) is 24.1 Å². The molecule has 0 aliphatic carbocycles. The van der Waals surface area contributed by atoms with Crippen molar-refractivity contribution in [3.63, 3.8) is 0 Å². The minimum absolute atomic E-state index is 0.0423. The highest BCUT2D eigenvalue weighted by molar-refractivity contribution is 5.84. The van der Waals surface area contributed by atoms with Crippen LogP contribution < -0.4 is 5.32 Å². The Kier molecular flexibility index (Phi) is 6.20. The molecule has 0 aromatic carbocycles. The van der Waals surface area contributed by atoms with Gasteiger partial charge in [-0.05, 0) is 45.6 Å². The maximum Gasteiger partial charge on any atom is 0.310 e. The number of hydrogen-bond acceptors (Lipinski definition) is 3. The van der Waals surface area contributed by atoms with E-state index in [0.29, 0.717) is 18.5 Å². The van der Waals surface area contributed by atoms with Crippen molar-refractivity contribution in [2.24, 2.45) is 17.3 Å². The third-order valence-corrected chi connectivity index (χ3v) is 4.93. The molecule has 1 saturated heterocycles. The lowest BCUT2D eigenvalue weighted by atomic mass is 9.76. The van der Waals surface area contributed by atoms with E-state index in [-0.39, 0.29) is 18.2 Å². The second-order valence-electron chi connectivity index (χ2n) is 7.10. The monoisotopic (exact) mass is 298 g/mol. The number of likely N-dealkylation sites (tertiary alicyclic amines) is 1. The van der Waals surface area contributed by atoms with Gasteiger partial charge in [-0.1, -0.05) is 13.8 Å². The van der Waals surface area contributed by atoms with E-state index in [1.54, 1.807) is 6.92 Å². The van der Waals surface area contributed by atoms with Crippen LogP contribution >= 0.6 is 0 Å². The first kappa shape index (κ1) is 18.0. The molecule has 2 unspecified atom stereocenters. The standard InChI is InChI=1S/C16H30N2O3/c1-11(2)16(5,15(20)21)8-14(19)17-9-13-6-7-18(10-13)12(3)4/h11-13H,6-10H2,1-5H3,(H,17,19)(H,20,21). The Bertz CT molecular complexity index is 382. The van der Waals surface area contributed by atoms with E-state index in [1.165, 1.54) is 0 Å². The Morgan fingerprint density at radius 1 is 1.33 bits per heavy atom. The maximum atomic E-state index is 12.1. The number of amides is 1. The number of carbonyl (C=O) groups is 2. The molecule has 0 radical (unpaired) electrons. The molecule has 0 aromatic rings. The van der Waals surface area contributed by atoms with Gasteiger partial charge < -0.3 is 15.3 Å². The number of hydrogen-bond donors (Lipinski definition) is 2. The number of carbonyl (C=O) groups excluding carboxylic acids is 1. The largest absolute Gasteiger partial charge is 0.481 e. The van der Waals surface area contributed by atoms with Crippen LogP contribution in [-0.4, -0.2) is 47.6 Å². The minimum atomic E-state index is -0.996. The number of carboxylic acids is 1. The van der Waals surface area contributed by atoms with Crippen LogP contribution in [0.25, 0.3) is 0 Å². The minimum Gasteiger partial charge on any atom is -0.481 e. The number of rotatable bonds is 7. The Morgan fingerprint density at radius 2 is 1.95 bits per heavy atom. The van der Waals surface area contributed by atoms with Crippen LogP contribution in [0.3, 0.4) is 0 Å². The first-order valence-electron chi connectivity index (χ1n) is 7.91. The zero-order valence-electron chi connectivity index (χ0n) is 14.0. The highest BCUT2D eigenvalue weighted by atomic mass is 16.4. The summed E-state index contributed by atoms with van der Waals surface area (Å²) in [6, 6.07) is 0.543. The van der Waals surface area contributed by atoms with Crippen LogP contribution in [0, 0.1) is 17.3 Å². The lowest BCUT2D eigenvalue weighted by Crippen LogP contribution is -2.40. The van der Waals surface area contributed by atoms with E-state index in [4.69, 9.17) is 0 Å². The normalized spacial score (nSPS) is 22.5.